The van der Waals surface area contributed by atoms with Crippen LogP contribution in [0.1, 0.15) is 39.5 Å². The first-order valence-corrected chi connectivity index (χ1v) is 6.15. The Hall–Kier alpha value is -0.120. The second kappa shape index (κ2) is 12.0. The predicted octanol–water partition coefficient (Wildman–Crippen LogP) is 2.21. The minimum atomic E-state index is 0.672. The average molecular weight is 217 g/mol. The summed E-state index contributed by atoms with van der Waals surface area (Å²) in [6.45, 7) is 7.74. The Labute approximate surface area is 94.5 Å². The highest BCUT2D eigenvalue weighted by Gasteiger charge is 2.04. The molecule has 0 radical (unpaired) electrons. The van der Waals surface area contributed by atoms with E-state index >= 15 is 0 Å². The van der Waals surface area contributed by atoms with Crippen molar-refractivity contribution in [2.45, 2.75) is 45.6 Å². The van der Waals surface area contributed by atoms with Crippen molar-refractivity contribution in [3.8, 4) is 0 Å². The monoisotopic (exact) mass is 217 g/mol. The molecule has 0 aromatic rings. The molecule has 0 heterocycles. The second-order valence-electron chi connectivity index (χ2n) is 3.79. The number of methoxy groups -OCH3 is 1. The van der Waals surface area contributed by atoms with Crippen molar-refractivity contribution in [2.24, 2.45) is 0 Å². The molecule has 0 bridgehead atoms. The maximum absolute atomic E-state index is 5.43. The summed E-state index contributed by atoms with van der Waals surface area (Å²) in [6.07, 6.45) is 4.88. The Kier molecular flexibility index (Phi) is 11.9. The summed E-state index contributed by atoms with van der Waals surface area (Å²) in [5.74, 6) is 0. The molecule has 0 aromatic carbocycles. The van der Waals surface area contributed by atoms with Crippen molar-refractivity contribution >= 4 is 0 Å². The van der Waals surface area contributed by atoms with Crippen molar-refractivity contribution in [2.75, 3.05) is 33.5 Å². The van der Waals surface area contributed by atoms with E-state index in [1.165, 1.54) is 19.3 Å². The summed E-state index contributed by atoms with van der Waals surface area (Å²) in [7, 11) is 1.70. The highest BCUT2D eigenvalue weighted by molar-refractivity contribution is 4.64. The molecular weight excluding hydrogens is 190 g/mol. The smallest absolute Gasteiger partial charge is 0.0700 e. The number of hydrogen-bond acceptors (Lipinski definition) is 3. The second-order valence-corrected chi connectivity index (χ2v) is 3.79. The van der Waals surface area contributed by atoms with Crippen LogP contribution in [0.3, 0.4) is 0 Å². The van der Waals surface area contributed by atoms with E-state index < -0.39 is 0 Å². The summed E-state index contributed by atoms with van der Waals surface area (Å²) >= 11 is 0. The van der Waals surface area contributed by atoms with Gasteiger partial charge >= 0.3 is 0 Å². The summed E-state index contributed by atoms with van der Waals surface area (Å²) in [5, 5.41) is 3.51. The molecule has 1 N–H and O–H groups in total. The molecule has 1 unspecified atom stereocenters. The van der Waals surface area contributed by atoms with Gasteiger partial charge in [0.1, 0.15) is 0 Å². The molecule has 3 nitrogen and oxygen atoms in total. The van der Waals surface area contributed by atoms with Gasteiger partial charge in [-0.25, -0.2) is 0 Å². The van der Waals surface area contributed by atoms with Gasteiger partial charge in [0.15, 0.2) is 0 Å². The molecule has 0 aliphatic rings. The van der Waals surface area contributed by atoms with Gasteiger partial charge in [0, 0.05) is 19.8 Å². The lowest BCUT2D eigenvalue weighted by atomic mass is 10.1. The lowest BCUT2D eigenvalue weighted by Gasteiger charge is -2.16. The lowest BCUT2D eigenvalue weighted by Crippen LogP contribution is -2.28. The van der Waals surface area contributed by atoms with Gasteiger partial charge in [-0.2, -0.15) is 0 Å². The molecule has 92 valence electrons. The van der Waals surface area contributed by atoms with Gasteiger partial charge < -0.3 is 14.8 Å². The fourth-order valence-electron chi connectivity index (χ4n) is 1.66. The third kappa shape index (κ3) is 10.2. The van der Waals surface area contributed by atoms with Crippen LogP contribution in [-0.4, -0.2) is 39.5 Å². The van der Waals surface area contributed by atoms with Crippen LogP contribution in [-0.2, 0) is 9.47 Å². The molecule has 0 saturated carbocycles. The lowest BCUT2D eigenvalue weighted by molar-refractivity contribution is 0.0677. The maximum Gasteiger partial charge on any atom is 0.0700 e. The minimum Gasteiger partial charge on any atom is -0.382 e. The van der Waals surface area contributed by atoms with Crippen LogP contribution >= 0.6 is 0 Å². The SMILES string of the molecule is CCCC(CCCOCCOC)NCC. The minimum absolute atomic E-state index is 0.672. The quantitative estimate of drug-likeness (QED) is 0.538. The molecule has 0 saturated heterocycles. The third-order valence-electron chi connectivity index (χ3n) is 2.40. The van der Waals surface area contributed by atoms with Crippen LogP contribution in [0.2, 0.25) is 0 Å². The molecule has 1 atom stereocenters. The van der Waals surface area contributed by atoms with E-state index in [0.717, 1.165) is 26.2 Å². The Balaban J connectivity index is 3.28. The number of nitrogens with one attached hydrogen (secondary N) is 1. The van der Waals surface area contributed by atoms with Gasteiger partial charge in [-0.15, -0.1) is 0 Å². The molecule has 0 spiro atoms. The topological polar surface area (TPSA) is 30.5 Å². The normalized spacial score (nSPS) is 13.0. The zero-order valence-electron chi connectivity index (χ0n) is 10.6. The van der Waals surface area contributed by atoms with E-state index in [0.29, 0.717) is 12.6 Å². The molecule has 0 aromatic heterocycles. The largest absolute Gasteiger partial charge is 0.382 e. The van der Waals surface area contributed by atoms with Crippen molar-refractivity contribution in [3.63, 3.8) is 0 Å². The van der Waals surface area contributed by atoms with Gasteiger partial charge in [0.25, 0.3) is 0 Å². The van der Waals surface area contributed by atoms with Gasteiger partial charge in [-0.05, 0) is 25.8 Å². The van der Waals surface area contributed by atoms with E-state index in [1.54, 1.807) is 7.11 Å². The number of ether oxygens (including phenoxy) is 2. The number of hydrogen-bond donors (Lipinski definition) is 1. The first-order valence-electron chi connectivity index (χ1n) is 6.15. The zero-order valence-corrected chi connectivity index (χ0v) is 10.6. The van der Waals surface area contributed by atoms with Crippen molar-refractivity contribution in [3.05, 3.63) is 0 Å². The maximum atomic E-state index is 5.43. The van der Waals surface area contributed by atoms with Crippen molar-refractivity contribution in [1.29, 1.82) is 0 Å². The van der Waals surface area contributed by atoms with Gasteiger partial charge in [0.05, 0.1) is 13.2 Å². The molecule has 0 aliphatic carbocycles. The fourth-order valence-corrected chi connectivity index (χ4v) is 1.66. The van der Waals surface area contributed by atoms with Gasteiger partial charge in [-0.1, -0.05) is 20.3 Å². The molecule has 0 fully saturated rings. The third-order valence-corrected chi connectivity index (χ3v) is 2.40. The van der Waals surface area contributed by atoms with Crippen LogP contribution in [0.5, 0.6) is 0 Å². The molecule has 15 heavy (non-hydrogen) atoms. The molecule has 3 heteroatoms. The van der Waals surface area contributed by atoms with Crippen molar-refractivity contribution in [1.82, 2.24) is 5.32 Å². The molecule has 0 rings (SSSR count). The van der Waals surface area contributed by atoms with E-state index in [1.807, 2.05) is 0 Å². The fraction of sp³-hybridized carbons (Fsp3) is 1.00. The summed E-state index contributed by atoms with van der Waals surface area (Å²) in [4.78, 5) is 0. The summed E-state index contributed by atoms with van der Waals surface area (Å²) < 4.78 is 10.3. The van der Waals surface area contributed by atoms with Crippen LogP contribution in [0.15, 0.2) is 0 Å². The summed E-state index contributed by atoms with van der Waals surface area (Å²) in [6, 6.07) is 0.672. The predicted molar refractivity (Wildman–Crippen MR) is 64.3 cm³/mol. The van der Waals surface area contributed by atoms with Gasteiger partial charge in [0.2, 0.25) is 0 Å². The van der Waals surface area contributed by atoms with Crippen LogP contribution in [0.4, 0.5) is 0 Å². The number of rotatable bonds is 11. The average Bonchev–Trinajstić information content (AvgIpc) is 2.24. The Bertz CT molecular complexity index is 114. The molecular formula is C12H27NO2. The van der Waals surface area contributed by atoms with Crippen LogP contribution in [0, 0.1) is 0 Å². The Morgan fingerprint density at radius 2 is 1.87 bits per heavy atom. The summed E-state index contributed by atoms with van der Waals surface area (Å²) in [5.41, 5.74) is 0. The first-order chi connectivity index (χ1) is 7.35. The highest BCUT2D eigenvalue weighted by atomic mass is 16.5. The first kappa shape index (κ1) is 14.9. The van der Waals surface area contributed by atoms with E-state index in [4.69, 9.17) is 9.47 Å². The van der Waals surface area contributed by atoms with E-state index in [9.17, 15) is 0 Å². The Morgan fingerprint density at radius 1 is 1.07 bits per heavy atom. The Morgan fingerprint density at radius 3 is 2.47 bits per heavy atom. The van der Waals surface area contributed by atoms with E-state index in [2.05, 4.69) is 19.2 Å². The zero-order chi connectivity index (χ0) is 11.4. The molecule has 0 aliphatic heterocycles. The van der Waals surface area contributed by atoms with Crippen molar-refractivity contribution < 1.29 is 9.47 Å². The van der Waals surface area contributed by atoms with E-state index in [-0.39, 0.29) is 0 Å². The van der Waals surface area contributed by atoms with Gasteiger partial charge in [-0.3, -0.25) is 0 Å². The highest BCUT2D eigenvalue weighted by Crippen LogP contribution is 2.04. The van der Waals surface area contributed by atoms with Crippen LogP contribution in [0.25, 0.3) is 0 Å². The molecule has 0 amide bonds. The standard InChI is InChI=1S/C12H27NO2/c1-4-7-12(13-5-2)8-6-9-15-11-10-14-3/h12-13H,4-11H2,1-3H3. The van der Waals surface area contributed by atoms with Crippen LogP contribution < -0.4 is 5.32 Å².